The van der Waals surface area contributed by atoms with Gasteiger partial charge in [0.1, 0.15) is 6.04 Å². The number of carbonyl (C=O) groups excluding carboxylic acids is 2. The normalized spacial score (nSPS) is 21.0. The van der Waals surface area contributed by atoms with Gasteiger partial charge in [-0.1, -0.05) is 24.3 Å². The van der Waals surface area contributed by atoms with Gasteiger partial charge in [0.2, 0.25) is 5.91 Å². The lowest BCUT2D eigenvalue weighted by atomic mass is 9.99. The highest BCUT2D eigenvalue weighted by atomic mass is 32.1. The molecule has 44 heavy (non-hydrogen) atoms. The van der Waals surface area contributed by atoms with Gasteiger partial charge in [0.05, 0.1) is 10.6 Å². The molecule has 2 aliphatic carbocycles. The first-order valence-corrected chi connectivity index (χ1v) is 15.9. The number of fused-ring (bicyclic) bond motifs is 5. The van der Waals surface area contributed by atoms with Crippen molar-refractivity contribution in [2.45, 2.75) is 44.1 Å². The fourth-order valence-corrected chi connectivity index (χ4v) is 8.24. The lowest BCUT2D eigenvalue weighted by Gasteiger charge is -2.37. The summed E-state index contributed by atoms with van der Waals surface area (Å²) >= 11 is 1.64. The van der Waals surface area contributed by atoms with Crippen LogP contribution in [0.2, 0.25) is 0 Å². The molecule has 10 heteroatoms. The quantitative estimate of drug-likeness (QED) is 0.295. The molecular formula is C34H36N6O3S. The van der Waals surface area contributed by atoms with E-state index >= 15 is 0 Å². The molecule has 9 nitrogen and oxygen atoms in total. The van der Waals surface area contributed by atoms with Gasteiger partial charge in [-0.25, -0.2) is 4.98 Å². The van der Waals surface area contributed by atoms with Gasteiger partial charge in [-0.2, -0.15) is 0 Å². The van der Waals surface area contributed by atoms with E-state index in [1.54, 1.807) is 29.5 Å². The van der Waals surface area contributed by atoms with Crippen molar-refractivity contribution in [3.05, 3.63) is 91.5 Å². The van der Waals surface area contributed by atoms with E-state index in [-0.39, 0.29) is 29.2 Å². The number of nitrogens with zero attached hydrogens (tertiary/aromatic N) is 4. The van der Waals surface area contributed by atoms with Gasteiger partial charge in [-0.3, -0.25) is 19.3 Å². The Morgan fingerprint density at radius 2 is 1.77 bits per heavy atom. The van der Waals surface area contributed by atoms with Crippen LogP contribution in [-0.4, -0.2) is 58.4 Å². The molecule has 0 unspecified atom stereocenters. The molecule has 3 atom stereocenters. The first-order chi connectivity index (χ1) is 21.2. The molecule has 226 valence electrons. The van der Waals surface area contributed by atoms with Crippen LogP contribution in [0.3, 0.4) is 0 Å². The van der Waals surface area contributed by atoms with Gasteiger partial charge in [0.15, 0.2) is 5.82 Å². The lowest BCUT2D eigenvalue weighted by Crippen LogP contribution is -2.48. The summed E-state index contributed by atoms with van der Waals surface area (Å²) in [7, 11) is 5.49. The monoisotopic (exact) mass is 608 g/mol. The highest BCUT2D eigenvalue weighted by Gasteiger charge is 2.39. The Kier molecular flexibility index (Phi) is 7.13. The van der Waals surface area contributed by atoms with Crippen LogP contribution in [0.4, 0.5) is 17.2 Å². The number of piperazine rings is 1. The molecule has 2 aromatic carbocycles. The zero-order valence-corrected chi connectivity index (χ0v) is 26.2. The minimum absolute atomic E-state index is 0.0717. The Morgan fingerprint density at radius 3 is 2.55 bits per heavy atom. The van der Waals surface area contributed by atoms with Crippen LogP contribution < -0.4 is 16.2 Å². The van der Waals surface area contributed by atoms with Crippen molar-refractivity contribution in [2.75, 3.05) is 37.8 Å². The third kappa shape index (κ3) is 4.92. The number of aryl methyl sites for hydroxylation is 1. The number of rotatable bonds is 6. The summed E-state index contributed by atoms with van der Waals surface area (Å²) in [5.41, 5.74) is 5.75. The average Bonchev–Trinajstić information content (AvgIpc) is 3.74. The van der Waals surface area contributed by atoms with E-state index in [2.05, 4.69) is 21.6 Å². The second-order valence-corrected chi connectivity index (χ2v) is 13.4. The van der Waals surface area contributed by atoms with E-state index in [0.717, 1.165) is 33.8 Å². The maximum absolute atomic E-state index is 13.3. The average molecular weight is 609 g/mol. The molecule has 3 heterocycles. The van der Waals surface area contributed by atoms with Crippen LogP contribution in [0.5, 0.6) is 0 Å². The lowest BCUT2D eigenvalue weighted by molar-refractivity contribution is -0.139. The van der Waals surface area contributed by atoms with Gasteiger partial charge in [0.25, 0.3) is 11.5 Å². The van der Waals surface area contributed by atoms with Crippen molar-refractivity contribution >= 4 is 40.3 Å². The van der Waals surface area contributed by atoms with Crippen molar-refractivity contribution in [2.24, 2.45) is 7.05 Å². The minimum Gasteiger partial charge on any atom is -0.343 e. The van der Waals surface area contributed by atoms with Gasteiger partial charge in [-0.15, -0.1) is 11.3 Å². The summed E-state index contributed by atoms with van der Waals surface area (Å²) in [5.74, 6) is 1.44. The summed E-state index contributed by atoms with van der Waals surface area (Å²) in [6, 6.07) is 15.1. The van der Waals surface area contributed by atoms with Gasteiger partial charge in [0, 0.05) is 55.2 Å². The minimum atomic E-state index is -0.330. The summed E-state index contributed by atoms with van der Waals surface area (Å²) < 4.78 is 1.51. The highest BCUT2D eigenvalue weighted by molar-refractivity contribution is 7.14. The SMILES string of the molecule is Cc1c(NC(=O)c2cc3c(s2)[C@@H]2CC[C@H]3C2)cccc1-c1cn(C)c(=O)c(Nc2ccc([C@H]3C(=O)N(C)CCN3C)cc2)n1. The Hall–Kier alpha value is -4.28. The number of carbonyl (C=O) groups is 2. The van der Waals surface area contributed by atoms with Crippen molar-refractivity contribution < 1.29 is 9.59 Å². The number of benzene rings is 2. The molecule has 2 fully saturated rings. The van der Waals surface area contributed by atoms with Crippen molar-refractivity contribution in [1.29, 1.82) is 0 Å². The van der Waals surface area contributed by atoms with Gasteiger partial charge in [-0.05, 0) is 86.0 Å². The third-order valence-electron chi connectivity index (χ3n) is 9.52. The number of aromatic nitrogens is 2. The van der Waals surface area contributed by atoms with E-state index in [0.29, 0.717) is 29.8 Å². The molecular weight excluding hydrogens is 572 g/mol. The second kappa shape index (κ2) is 11.0. The molecule has 0 spiro atoms. The maximum atomic E-state index is 13.3. The Morgan fingerprint density at radius 1 is 1.00 bits per heavy atom. The van der Waals surface area contributed by atoms with Crippen molar-refractivity contribution in [3.63, 3.8) is 0 Å². The molecule has 2 aromatic heterocycles. The third-order valence-corrected chi connectivity index (χ3v) is 10.8. The largest absolute Gasteiger partial charge is 0.343 e. The Labute approximate surface area is 260 Å². The molecule has 1 saturated carbocycles. The van der Waals surface area contributed by atoms with Gasteiger partial charge < -0.3 is 20.1 Å². The fourth-order valence-electron chi connectivity index (χ4n) is 6.95. The van der Waals surface area contributed by atoms with E-state index in [1.807, 2.05) is 63.5 Å². The van der Waals surface area contributed by atoms with Crippen LogP contribution in [0.25, 0.3) is 11.3 Å². The zero-order chi connectivity index (χ0) is 30.7. The van der Waals surface area contributed by atoms with Crippen molar-refractivity contribution in [3.8, 4) is 11.3 Å². The molecule has 2 N–H and O–H groups in total. The number of thiophene rings is 1. The topological polar surface area (TPSA) is 99.6 Å². The Balaban J connectivity index is 1.12. The van der Waals surface area contributed by atoms with Gasteiger partial charge >= 0.3 is 0 Å². The fraction of sp³-hybridized carbons (Fsp3) is 0.353. The van der Waals surface area contributed by atoms with Crippen LogP contribution in [0.15, 0.2) is 59.5 Å². The predicted molar refractivity (Wildman–Crippen MR) is 174 cm³/mol. The molecule has 2 bridgehead atoms. The van der Waals surface area contributed by atoms with E-state index in [1.165, 1.54) is 34.3 Å². The summed E-state index contributed by atoms with van der Waals surface area (Å²) in [5, 5.41) is 6.31. The maximum Gasteiger partial charge on any atom is 0.293 e. The zero-order valence-electron chi connectivity index (χ0n) is 25.4. The number of hydrogen-bond donors (Lipinski definition) is 2. The summed E-state index contributed by atoms with van der Waals surface area (Å²) in [6.45, 7) is 3.47. The molecule has 7 rings (SSSR count). The van der Waals surface area contributed by atoms with Crippen LogP contribution in [0, 0.1) is 6.92 Å². The van der Waals surface area contributed by atoms with E-state index in [4.69, 9.17) is 4.98 Å². The molecule has 1 aliphatic heterocycles. The molecule has 4 aromatic rings. The molecule has 0 radical (unpaired) electrons. The predicted octanol–water partition coefficient (Wildman–Crippen LogP) is 5.62. The van der Waals surface area contributed by atoms with Crippen LogP contribution in [-0.2, 0) is 11.8 Å². The molecule has 1 saturated heterocycles. The second-order valence-electron chi connectivity index (χ2n) is 12.4. The van der Waals surface area contributed by atoms with Crippen LogP contribution in [0.1, 0.15) is 68.4 Å². The number of nitrogens with one attached hydrogen (secondary N) is 2. The number of likely N-dealkylation sites (N-methyl/N-ethyl adjacent to an activating group) is 2. The highest BCUT2D eigenvalue weighted by Crippen LogP contribution is 2.56. The van der Waals surface area contributed by atoms with Crippen molar-refractivity contribution in [1.82, 2.24) is 19.4 Å². The van der Waals surface area contributed by atoms with Crippen LogP contribution >= 0.6 is 11.3 Å². The summed E-state index contributed by atoms with van der Waals surface area (Å²) in [6.07, 6.45) is 5.44. The van der Waals surface area contributed by atoms with E-state index < -0.39 is 0 Å². The number of amides is 2. The smallest absolute Gasteiger partial charge is 0.293 e. The molecule has 3 aliphatic rings. The molecule has 2 amide bonds. The Bertz CT molecular complexity index is 1820. The standard InChI is InChI=1S/C34H36N6O3S/c1-19-24(6-5-7-26(19)37-32(41)28-17-25-21-8-9-22(16-21)30(25)44-28)27-18-40(4)34(43)31(36-27)35-23-12-10-20(11-13-23)29-33(42)39(3)15-14-38(29)2/h5-7,10-13,17-18,21-22,29H,8-9,14-16H2,1-4H3,(H,35,36)(H,37,41)/t21-,22+,29-/m0/s1. The first kappa shape index (κ1) is 28.5. The first-order valence-electron chi connectivity index (χ1n) is 15.1. The summed E-state index contributed by atoms with van der Waals surface area (Å²) in [4.78, 5) is 49.9. The number of hydrogen-bond acceptors (Lipinski definition) is 7. The number of anilines is 3. The van der Waals surface area contributed by atoms with E-state index in [9.17, 15) is 14.4 Å².